The Hall–Kier alpha value is -2.62. The maximum absolute atomic E-state index is 6.00. The highest BCUT2D eigenvalue weighted by molar-refractivity contribution is 6.13. The molecule has 0 radical (unpaired) electrons. The van der Waals surface area contributed by atoms with Crippen LogP contribution in [0.15, 0.2) is 33.1 Å². The van der Waals surface area contributed by atoms with Crippen LogP contribution < -0.4 is 0 Å². The minimum Gasteiger partial charge on any atom is -0.454 e. The van der Waals surface area contributed by atoms with Gasteiger partial charge < -0.3 is 18.0 Å². The van der Waals surface area contributed by atoms with E-state index in [2.05, 4.69) is 55.3 Å². The number of benzene rings is 1. The molecule has 0 unspecified atom stereocenters. The third-order valence-corrected chi connectivity index (χ3v) is 4.91. The minimum atomic E-state index is 0.879. The predicted molar refractivity (Wildman–Crippen MR) is 88.4 cm³/mol. The Bertz CT molecular complexity index is 1120. The van der Waals surface area contributed by atoms with Crippen LogP contribution in [0.4, 0.5) is 0 Å². The number of furan rings is 2. The average Bonchev–Trinajstić information content (AvgIpc) is 3.13. The second-order valence-corrected chi connectivity index (χ2v) is 6.16. The van der Waals surface area contributed by atoms with Gasteiger partial charge in [-0.2, -0.15) is 0 Å². The summed E-state index contributed by atoms with van der Waals surface area (Å²) in [5, 5.41) is 2.28. The Labute approximate surface area is 126 Å². The van der Waals surface area contributed by atoms with E-state index in [0.717, 1.165) is 44.1 Å². The van der Waals surface area contributed by atoms with Gasteiger partial charge in [-0.1, -0.05) is 0 Å². The SMILES string of the molecule is Cc1cc2oc3cc4oc5cc(C)n(C)c5c4cc3c2n1C. The zero-order valence-corrected chi connectivity index (χ0v) is 13.0. The standard InChI is InChI=1S/C18H16N2O2/c1-9-5-15-17(19(9)3)11-7-12-14(8-13(11)21-15)22-16-6-10(2)20(4)18(12)16/h5-8H,1-4H3. The molecule has 0 saturated heterocycles. The van der Waals surface area contributed by atoms with Gasteiger partial charge in [0.15, 0.2) is 11.2 Å². The third-order valence-electron chi connectivity index (χ3n) is 4.91. The van der Waals surface area contributed by atoms with Crippen LogP contribution in [0.1, 0.15) is 11.4 Å². The number of fused-ring (bicyclic) bond motifs is 6. The first kappa shape index (κ1) is 12.0. The van der Waals surface area contributed by atoms with Gasteiger partial charge in [-0.15, -0.1) is 0 Å². The molecule has 0 N–H and O–H groups in total. The predicted octanol–water partition coefficient (Wildman–Crippen LogP) is 4.78. The summed E-state index contributed by atoms with van der Waals surface area (Å²) in [5.41, 5.74) is 8.31. The third kappa shape index (κ3) is 1.24. The highest BCUT2D eigenvalue weighted by atomic mass is 16.3. The lowest BCUT2D eigenvalue weighted by Gasteiger charge is -1.99. The number of hydrogen-bond donors (Lipinski definition) is 0. The lowest BCUT2D eigenvalue weighted by molar-refractivity contribution is 0.656. The van der Waals surface area contributed by atoms with E-state index in [0.29, 0.717) is 0 Å². The van der Waals surface area contributed by atoms with Crippen molar-refractivity contribution in [2.75, 3.05) is 0 Å². The Morgan fingerprint density at radius 2 is 1.09 bits per heavy atom. The summed E-state index contributed by atoms with van der Waals surface area (Å²) in [7, 11) is 4.16. The van der Waals surface area contributed by atoms with Crippen molar-refractivity contribution >= 4 is 44.1 Å². The number of rotatable bonds is 0. The second kappa shape index (κ2) is 3.58. The monoisotopic (exact) mass is 292 g/mol. The van der Waals surface area contributed by atoms with Gasteiger partial charge in [0.25, 0.3) is 0 Å². The van der Waals surface area contributed by atoms with E-state index in [1.807, 2.05) is 6.07 Å². The molecule has 5 rings (SSSR count). The maximum Gasteiger partial charge on any atom is 0.153 e. The van der Waals surface area contributed by atoms with Gasteiger partial charge in [-0.05, 0) is 19.9 Å². The summed E-state index contributed by atoms with van der Waals surface area (Å²) >= 11 is 0. The van der Waals surface area contributed by atoms with Crippen LogP contribution in [0, 0.1) is 13.8 Å². The van der Waals surface area contributed by atoms with Crippen LogP contribution in [0.2, 0.25) is 0 Å². The number of hydrogen-bond acceptors (Lipinski definition) is 2. The van der Waals surface area contributed by atoms with Gasteiger partial charge in [-0.25, -0.2) is 0 Å². The van der Waals surface area contributed by atoms with Crippen molar-refractivity contribution < 1.29 is 8.83 Å². The van der Waals surface area contributed by atoms with Gasteiger partial charge in [0.05, 0.1) is 11.0 Å². The molecule has 22 heavy (non-hydrogen) atoms. The Morgan fingerprint density at radius 1 is 0.636 bits per heavy atom. The van der Waals surface area contributed by atoms with Crippen molar-refractivity contribution in [2.24, 2.45) is 14.1 Å². The molecule has 0 amide bonds. The van der Waals surface area contributed by atoms with Crippen molar-refractivity contribution in [3.05, 3.63) is 35.7 Å². The molecule has 110 valence electrons. The van der Waals surface area contributed by atoms with Gasteiger partial charge >= 0.3 is 0 Å². The summed E-state index contributed by atoms with van der Waals surface area (Å²) in [6.07, 6.45) is 0. The van der Waals surface area contributed by atoms with E-state index in [-0.39, 0.29) is 0 Å². The Morgan fingerprint density at radius 3 is 1.55 bits per heavy atom. The number of nitrogens with zero attached hydrogens (tertiary/aromatic N) is 2. The summed E-state index contributed by atoms with van der Waals surface area (Å²) < 4.78 is 16.4. The fraction of sp³-hybridized carbons (Fsp3) is 0.222. The second-order valence-electron chi connectivity index (χ2n) is 6.16. The highest BCUT2D eigenvalue weighted by Gasteiger charge is 2.18. The van der Waals surface area contributed by atoms with Crippen molar-refractivity contribution in [1.29, 1.82) is 0 Å². The average molecular weight is 292 g/mol. The number of aryl methyl sites for hydroxylation is 4. The van der Waals surface area contributed by atoms with E-state index in [1.165, 1.54) is 11.4 Å². The summed E-state index contributed by atoms with van der Waals surface area (Å²) in [4.78, 5) is 0. The quantitative estimate of drug-likeness (QED) is 0.412. The maximum atomic E-state index is 6.00. The van der Waals surface area contributed by atoms with E-state index in [1.54, 1.807) is 0 Å². The van der Waals surface area contributed by atoms with E-state index >= 15 is 0 Å². The van der Waals surface area contributed by atoms with Gasteiger partial charge in [0.2, 0.25) is 0 Å². The molecule has 0 aliphatic rings. The minimum absolute atomic E-state index is 0.879. The number of aromatic nitrogens is 2. The molecule has 5 aromatic rings. The molecule has 0 saturated carbocycles. The van der Waals surface area contributed by atoms with Crippen LogP contribution in [-0.4, -0.2) is 9.13 Å². The molecule has 0 fully saturated rings. The van der Waals surface area contributed by atoms with Crippen LogP contribution in [0.3, 0.4) is 0 Å². The Balaban J connectivity index is 2.04. The lowest BCUT2D eigenvalue weighted by atomic mass is 10.1. The fourth-order valence-electron chi connectivity index (χ4n) is 3.51. The first-order valence-corrected chi connectivity index (χ1v) is 7.41. The smallest absolute Gasteiger partial charge is 0.153 e. The summed E-state index contributed by atoms with van der Waals surface area (Å²) in [5.74, 6) is 0. The largest absolute Gasteiger partial charge is 0.454 e. The normalized spacial score (nSPS) is 12.5. The molecule has 4 heterocycles. The molecule has 1 aromatic carbocycles. The van der Waals surface area contributed by atoms with E-state index in [9.17, 15) is 0 Å². The molecule has 4 heteroatoms. The van der Waals surface area contributed by atoms with Gasteiger partial charge in [0, 0.05) is 54.5 Å². The van der Waals surface area contributed by atoms with E-state index in [4.69, 9.17) is 8.83 Å². The topological polar surface area (TPSA) is 36.1 Å². The molecule has 0 spiro atoms. The Kier molecular flexibility index (Phi) is 1.95. The molecule has 0 atom stereocenters. The summed E-state index contributed by atoms with van der Waals surface area (Å²) in [6, 6.07) is 8.37. The van der Waals surface area contributed by atoms with Crippen LogP contribution in [0.25, 0.3) is 44.1 Å². The van der Waals surface area contributed by atoms with Crippen LogP contribution in [-0.2, 0) is 14.1 Å². The van der Waals surface area contributed by atoms with Crippen molar-refractivity contribution in [3.8, 4) is 0 Å². The molecule has 0 aliphatic heterocycles. The first-order valence-electron chi connectivity index (χ1n) is 7.41. The molecular formula is C18H16N2O2. The van der Waals surface area contributed by atoms with Gasteiger partial charge in [-0.3, -0.25) is 0 Å². The molecule has 0 bridgehead atoms. The molecule has 0 aliphatic carbocycles. The van der Waals surface area contributed by atoms with Crippen LogP contribution in [0.5, 0.6) is 0 Å². The van der Waals surface area contributed by atoms with Crippen molar-refractivity contribution in [3.63, 3.8) is 0 Å². The molecular weight excluding hydrogens is 276 g/mol. The fourth-order valence-corrected chi connectivity index (χ4v) is 3.51. The van der Waals surface area contributed by atoms with Crippen LogP contribution >= 0.6 is 0 Å². The summed E-state index contributed by atoms with van der Waals surface area (Å²) in [6.45, 7) is 4.19. The van der Waals surface area contributed by atoms with Crippen molar-refractivity contribution in [2.45, 2.75) is 13.8 Å². The lowest BCUT2D eigenvalue weighted by Crippen LogP contribution is -1.90. The highest BCUT2D eigenvalue weighted by Crippen LogP contribution is 2.37. The van der Waals surface area contributed by atoms with Gasteiger partial charge in [0.1, 0.15) is 11.2 Å². The molecule has 4 nitrogen and oxygen atoms in total. The molecule has 4 aromatic heterocycles. The zero-order chi connectivity index (χ0) is 15.2. The first-order chi connectivity index (χ1) is 10.5. The zero-order valence-electron chi connectivity index (χ0n) is 13.0. The van der Waals surface area contributed by atoms with E-state index < -0.39 is 0 Å². The van der Waals surface area contributed by atoms with Crippen molar-refractivity contribution in [1.82, 2.24) is 9.13 Å².